The molecule has 1 unspecified atom stereocenters. The number of nitrogens with two attached hydrogens (primary N) is 1. The summed E-state index contributed by atoms with van der Waals surface area (Å²) < 4.78 is 0. The van der Waals surface area contributed by atoms with Crippen LogP contribution in [0.1, 0.15) is 51.2 Å². The number of carbonyl (C=O) groups is 1. The summed E-state index contributed by atoms with van der Waals surface area (Å²) in [4.78, 5) is 14.4. The maximum absolute atomic E-state index is 12.4. The zero-order chi connectivity index (χ0) is 15.6. The van der Waals surface area contributed by atoms with Crippen LogP contribution in [0.2, 0.25) is 0 Å². The van der Waals surface area contributed by atoms with E-state index in [9.17, 15) is 4.79 Å². The number of hydrogen-bond donors (Lipinski definition) is 1. The number of likely N-dealkylation sites (tertiary alicyclic amines) is 1. The van der Waals surface area contributed by atoms with Crippen LogP contribution in [0.15, 0.2) is 18.2 Å². The third-order valence-corrected chi connectivity index (χ3v) is 4.88. The van der Waals surface area contributed by atoms with Crippen molar-refractivity contribution in [3.8, 4) is 0 Å². The van der Waals surface area contributed by atoms with Gasteiger partial charge in [-0.2, -0.15) is 0 Å². The molecule has 116 valence electrons. The number of amides is 1. The largest absolute Gasteiger partial charge is 0.399 e. The average Bonchev–Trinajstić information content (AvgIpc) is 2.57. The van der Waals surface area contributed by atoms with E-state index in [0.29, 0.717) is 18.9 Å². The van der Waals surface area contributed by atoms with Gasteiger partial charge in [0.1, 0.15) is 0 Å². The fraction of sp³-hybridized carbons (Fsp3) is 0.611. The maximum atomic E-state index is 12.4. The minimum Gasteiger partial charge on any atom is -0.399 e. The fourth-order valence-corrected chi connectivity index (χ4v) is 3.15. The molecule has 0 bridgehead atoms. The minimum absolute atomic E-state index is 0.281. The van der Waals surface area contributed by atoms with Crippen molar-refractivity contribution in [1.82, 2.24) is 4.90 Å². The number of benzene rings is 1. The monoisotopic (exact) mass is 288 g/mol. The van der Waals surface area contributed by atoms with Gasteiger partial charge >= 0.3 is 0 Å². The second kappa shape index (κ2) is 6.08. The van der Waals surface area contributed by atoms with Gasteiger partial charge in [0.25, 0.3) is 0 Å². The zero-order valence-corrected chi connectivity index (χ0v) is 13.8. The van der Waals surface area contributed by atoms with E-state index < -0.39 is 0 Å². The molecule has 1 aliphatic rings. The van der Waals surface area contributed by atoms with Gasteiger partial charge in [0.2, 0.25) is 5.91 Å². The summed E-state index contributed by atoms with van der Waals surface area (Å²) >= 11 is 0. The highest BCUT2D eigenvalue weighted by Crippen LogP contribution is 2.35. The Kier molecular flexibility index (Phi) is 4.60. The Labute approximate surface area is 128 Å². The van der Waals surface area contributed by atoms with Crippen LogP contribution in [-0.4, -0.2) is 17.4 Å². The molecule has 1 saturated heterocycles. The summed E-state index contributed by atoms with van der Waals surface area (Å²) in [5.41, 5.74) is 9.32. The van der Waals surface area contributed by atoms with E-state index in [2.05, 4.69) is 26.8 Å². The summed E-state index contributed by atoms with van der Waals surface area (Å²) in [6.07, 6.45) is 2.77. The second-order valence-corrected chi connectivity index (χ2v) is 7.34. The number of nitrogens with zero attached hydrogens (tertiary/aromatic N) is 1. The molecule has 21 heavy (non-hydrogen) atoms. The van der Waals surface area contributed by atoms with Gasteiger partial charge in [0.15, 0.2) is 0 Å². The topological polar surface area (TPSA) is 46.3 Å². The molecule has 2 N–H and O–H groups in total. The fourth-order valence-electron chi connectivity index (χ4n) is 3.15. The molecule has 1 aliphatic heterocycles. The molecule has 1 atom stereocenters. The van der Waals surface area contributed by atoms with E-state index in [0.717, 1.165) is 36.2 Å². The number of anilines is 1. The molecule has 1 amide bonds. The van der Waals surface area contributed by atoms with Gasteiger partial charge in [-0.1, -0.05) is 32.9 Å². The van der Waals surface area contributed by atoms with Crippen LogP contribution in [0.4, 0.5) is 5.69 Å². The van der Waals surface area contributed by atoms with Gasteiger partial charge in [0.05, 0.1) is 0 Å². The summed E-state index contributed by atoms with van der Waals surface area (Å²) in [6.45, 7) is 10.4. The Hall–Kier alpha value is -1.51. The molecule has 0 saturated carbocycles. The van der Waals surface area contributed by atoms with Crippen molar-refractivity contribution >= 4 is 11.6 Å². The average molecular weight is 288 g/mol. The van der Waals surface area contributed by atoms with Crippen LogP contribution in [0.5, 0.6) is 0 Å². The van der Waals surface area contributed by atoms with Gasteiger partial charge in [-0.15, -0.1) is 0 Å². The molecule has 1 fully saturated rings. The molecule has 0 spiro atoms. The molecule has 1 aromatic carbocycles. The lowest BCUT2D eigenvalue weighted by Gasteiger charge is -2.29. The molecular weight excluding hydrogens is 260 g/mol. The van der Waals surface area contributed by atoms with E-state index in [-0.39, 0.29) is 11.3 Å². The second-order valence-electron chi connectivity index (χ2n) is 7.34. The quantitative estimate of drug-likeness (QED) is 0.842. The van der Waals surface area contributed by atoms with Crippen LogP contribution in [0.3, 0.4) is 0 Å². The SMILES string of the molecule is Cc1c(N)cccc1CN1CCC(C(C)(C)C)CCC1=O. The number of hydrogen-bond acceptors (Lipinski definition) is 2. The zero-order valence-electron chi connectivity index (χ0n) is 13.8. The molecule has 0 radical (unpaired) electrons. The molecule has 1 heterocycles. The number of nitrogen functional groups attached to an aromatic ring is 1. The van der Waals surface area contributed by atoms with Crippen molar-refractivity contribution < 1.29 is 4.79 Å². The lowest BCUT2D eigenvalue weighted by molar-refractivity contribution is -0.131. The molecule has 1 aromatic rings. The van der Waals surface area contributed by atoms with Crippen LogP contribution >= 0.6 is 0 Å². The predicted molar refractivity (Wildman–Crippen MR) is 87.8 cm³/mol. The Morgan fingerprint density at radius 3 is 2.67 bits per heavy atom. The Balaban J connectivity index is 2.10. The lowest BCUT2D eigenvalue weighted by atomic mass is 9.77. The summed E-state index contributed by atoms with van der Waals surface area (Å²) in [7, 11) is 0. The van der Waals surface area contributed by atoms with Gasteiger partial charge in [0, 0.05) is 25.2 Å². The Morgan fingerprint density at radius 2 is 2.00 bits per heavy atom. The highest BCUT2D eigenvalue weighted by Gasteiger charge is 2.30. The van der Waals surface area contributed by atoms with Crippen molar-refractivity contribution in [2.75, 3.05) is 12.3 Å². The first-order valence-corrected chi connectivity index (χ1v) is 7.91. The standard InChI is InChI=1S/C18H28N2O/c1-13-14(6-5-7-16(13)19)12-20-11-10-15(18(2,3)4)8-9-17(20)21/h5-7,15H,8-12,19H2,1-4H3. The maximum Gasteiger partial charge on any atom is 0.222 e. The van der Waals surface area contributed by atoms with Crippen molar-refractivity contribution in [2.24, 2.45) is 11.3 Å². The van der Waals surface area contributed by atoms with Gasteiger partial charge in [-0.3, -0.25) is 4.79 Å². The third kappa shape index (κ3) is 3.78. The van der Waals surface area contributed by atoms with Crippen molar-refractivity contribution in [3.05, 3.63) is 29.3 Å². The van der Waals surface area contributed by atoms with E-state index in [1.165, 1.54) is 0 Å². The highest BCUT2D eigenvalue weighted by atomic mass is 16.2. The molecule has 3 heteroatoms. The minimum atomic E-state index is 0.281. The van der Waals surface area contributed by atoms with Crippen LogP contribution in [0.25, 0.3) is 0 Å². The lowest BCUT2D eigenvalue weighted by Crippen LogP contribution is -2.30. The van der Waals surface area contributed by atoms with Crippen LogP contribution in [0, 0.1) is 18.3 Å². The van der Waals surface area contributed by atoms with Gasteiger partial charge in [-0.25, -0.2) is 0 Å². The first kappa shape index (κ1) is 15.9. The van der Waals surface area contributed by atoms with E-state index in [1.807, 2.05) is 24.0 Å². The first-order valence-electron chi connectivity index (χ1n) is 7.91. The van der Waals surface area contributed by atoms with Crippen LogP contribution in [-0.2, 0) is 11.3 Å². The summed E-state index contributed by atoms with van der Waals surface area (Å²) in [5.74, 6) is 0.900. The number of rotatable bonds is 2. The first-order chi connectivity index (χ1) is 9.79. The number of carbonyl (C=O) groups excluding carboxylic acids is 1. The smallest absolute Gasteiger partial charge is 0.222 e. The molecule has 0 aliphatic carbocycles. The Morgan fingerprint density at radius 1 is 1.29 bits per heavy atom. The van der Waals surface area contributed by atoms with E-state index in [1.54, 1.807) is 0 Å². The van der Waals surface area contributed by atoms with Gasteiger partial charge in [-0.05, 0) is 48.3 Å². The molecular formula is C18H28N2O. The normalized spacial score (nSPS) is 20.5. The van der Waals surface area contributed by atoms with Gasteiger partial charge < -0.3 is 10.6 Å². The van der Waals surface area contributed by atoms with Crippen molar-refractivity contribution in [2.45, 2.75) is 53.5 Å². The molecule has 2 rings (SSSR count). The third-order valence-electron chi connectivity index (χ3n) is 4.88. The predicted octanol–water partition coefficient (Wildman–Crippen LogP) is 3.75. The molecule has 3 nitrogen and oxygen atoms in total. The highest BCUT2D eigenvalue weighted by molar-refractivity contribution is 5.76. The van der Waals surface area contributed by atoms with E-state index in [4.69, 9.17) is 5.73 Å². The van der Waals surface area contributed by atoms with Crippen LogP contribution < -0.4 is 5.73 Å². The Bertz CT molecular complexity index is 516. The summed E-state index contributed by atoms with van der Waals surface area (Å²) in [6, 6.07) is 5.96. The van der Waals surface area contributed by atoms with Crippen molar-refractivity contribution in [1.29, 1.82) is 0 Å². The van der Waals surface area contributed by atoms with Crippen molar-refractivity contribution in [3.63, 3.8) is 0 Å². The molecule has 0 aromatic heterocycles. The van der Waals surface area contributed by atoms with E-state index >= 15 is 0 Å². The summed E-state index contributed by atoms with van der Waals surface area (Å²) in [5, 5.41) is 0.